The Morgan fingerprint density at radius 1 is 1.39 bits per heavy atom. The predicted molar refractivity (Wildman–Crippen MR) is 64.9 cm³/mol. The maximum absolute atomic E-state index is 11.9. The van der Waals surface area contributed by atoms with E-state index in [0.717, 1.165) is 6.42 Å². The second kappa shape index (κ2) is 5.23. The average Bonchev–Trinajstić information content (AvgIpc) is 2.86. The summed E-state index contributed by atoms with van der Waals surface area (Å²) in [6.07, 6.45) is 2.33. The number of Topliss-reactive ketones (excluding diaryl/α,β-unsaturated/α-hetero) is 1. The summed E-state index contributed by atoms with van der Waals surface area (Å²) in [5, 5.41) is 12.4. The summed E-state index contributed by atoms with van der Waals surface area (Å²) in [5.41, 5.74) is 1.83. The molecule has 0 unspecified atom stereocenters. The first-order valence-electron chi connectivity index (χ1n) is 5.64. The molecule has 0 spiro atoms. The van der Waals surface area contributed by atoms with Gasteiger partial charge in [0, 0.05) is 5.56 Å². The minimum absolute atomic E-state index is 0.0490. The number of hydrogen-bond donors (Lipinski definition) is 0. The molecular weight excluding hydrogens is 228 g/mol. The lowest BCUT2D eigenvalue weighted by atomic mass is 10.1. The highest BCUT2D eigenvalue weighted by Crippen LogP contribution is 2.06. The standard InChI is InChI=1S/C13H12N4O/c1-2-10-3-5-11(6-4-10)12(18)8-17-9-15-13(7-14)16-17/h3-6,9H,2,8H2,1H3. The van der Waals surface area contributed by atoms with Gasteiger partial charge in [0.05, 0.1) is 0 Å². The Labute approximate surface area is 105 Å². The number of nitrogens with zero attached hydrogens (tertiary/aromatic N) is 4. The number of carbonyl (C=O) groups excluding carboxylic acids is 1. The summed E-state index contributed by atoms with van der Waals surface area (Å²) < 4.78 is 1.37. The van der Waals surface area contributed by atoms with Crippen molar-refractivity contribution in [2.75, 3.05) is 0 Å². The molecular formula is C13H12N4O. The van der Waals surface area contributed by atoms with E-state index >= 15 is 0 Å². The fourth-order valence-electron chi connectivity index (χ4n) is 1.59. The topological polar surface area (TPSA) is 71.6 Å². The smallest absolute Gasteiger partial charge is 0.252 e. The number of aryl methyl sites for hydroxylation is 1. The molecule has 1 aromatic heterocycles. The number of aromatic nitrogens is 3. The van der Waals surface area contributed by atoms with Gasteiger partial charge >= 0.3 is 0 Å². The summed E-state index contributed by atoms with van der Waals surface area (Å²) in [6, 6.07) is 9.32. The second-order valence-electron chi connectivity index (χ2n) is 3.85. The Morgan fingerprint density at radius 2 is 2.11 bits per heavy atom. The Bertz CT molecular complexity index is 592. The number of carbonyl (C=O) groups is 1. The van der Waals surface area contributed by atoms with E-state index in [4.69, 9.17) is 5.26 Å². The SMILES string of the molecule is CCc1ccc(C(=O)Cn2cnc(C#N)n2)cc1. The lowest BCUT2D eigenvalue weighted by molar-refractivity contribution is 0.0967. The van der Waals surface area contributed by atoms with Gasteiger partial charge in [0.15, 0.2) is 5.78 Å². The van der Waals surface area contributed by atoms with Gasteiger partial charge in [-0.25, -0.2) is 9.67 Å². The predicted octanol–water partition coefficient (Wildman–Crippen LogP) is 1.60. The van der Waals surface area contributed by atoms with Gasteiger partial charge in [-0.3, -0.25) is 4.79 Å². The van der Waals surface area contributed by atoms with Crippen molar-refractivity contribution in [1.29, 1.82) is 5.26 Å². The molecule has 5 heteroatoms. The quantitative estimate of drug-likeness (QED) is 0.761. The van der Waals surface area contributed by atoms with Crippen LogP contribution in [0.5, 0.6) is 0 Å². The van der Waals surface area contributed by atoms with Gasteiger partial charge in [-0.15, -0.1) is 5.10 Å². The van der Waals surface area contributed by atoms with Crippen molar-refractivity contribution in [1.82, 2.24) is 14.8 Å². The van der Waals surface area contributed by atoms with E-state index in [1.807, 2.05) is 30.3 Å². The Kier molecular flexibility index (Phi) is 3.49. The molecule has 0 bridgehead atoms. The Balaban J connectivity index is 2.09. The van der Waals surface area contributed by atoms with E-state index in [0.29, 0.717) is 5.56 Å². The largest absolute Gasteiger partial charge is 0.292 e. The highest BCUT2D eigenvalue weighted by molar-refractivity contribution is 5.95. The molecule has 0 saturated carbocycles. The maximum Gasteiger partial charge on any atom is 0.252 e. The fraction of sp³-hybridized carbons (Fsp3) is 0.231. The maximum atomic E-state index is 11.9. The molecule has 0 fully saturated rings. The average molecular weight is 240 g/mol. The lowest BCUT2D eigenvalue weighted by Gasteiger charge is -2.02. The van der Waals surface area contributed by atoms with Crippen molar-refractivity contribution < 1.29 is 4.79 Å². The van der Waals surface area contributed by atoms with Crippen LogP contribution >= 0.6 is 0 Å². The highest BCUT2D eigenvalue weighted by Gasteiger charge is 2.08. The number of benzene rings is 1. The van der Waals surface area contributed by atoms with Crippen molar-refractivity contribution in [3.63, 3.8) is 0 Å². The molecule has 0 saturated heterocycles. The zero-order valence-electron chi connectivity index (χ0n) is 10.00. The van der Waals surface area contributed by atoms with Gasteiger partial charge in [-0.2, -0.15) is 5.26 Å². The minimum atomic E-state index is -0.0490. The van der Waals surface area contributed by atoms with Crippen LogP contribution in [0.2, 0.25) is 0 Å². The van der Waals surface area contributed by atoms with E-state index in [9.17, 15) is 4.79 Å². The third-order valence-corrected chi connectivity index (χ3v) is 2.63. The van der Waals surface area contributed by atoms with E-state index < -0.39 is 0 Å². The molecule has 0 N–H and O–H groups in total. The minimum Gasteiger partial charge on any atom is -0.292 e. The van der Waals surface area contributed by atoms with Crippen LogP contribution in [0.15, 0.2) is 30.6 Å². The molecule has 2 rings (SSSR count). The van der Waals surface area contributed by atoms with Crippen LogP contribution in [0.1, 0.15) is 28.7 Å². The third-order valence-electron chi connectivity index (χ3n) is 2.63. The number of nitriles is 1. The fourth-order valence-corrected chi connectivity index (χ4v) is 1.59. The van der Waals surface area contributed by atoms with Crippen molar-refractivity contribution >= 4 is 5.78 Å². The first-order valence-corrected chi connectivity index (χ1v) is 5.64. The number of hydrogen-bond acceptors (Lipinski definition) is 4. The van der Waals surface area contributed by atoms with Crippen LogP contribution < -0.4 is 0 Å². The highest BCUT2D eigenvalue weighted by atomic mass is 16.1. The van der Waals surface area contributed by atoms with E-state index in [1.54, 1.807) is 0 Å². The van der Waals surface area contributed by atoms with Gasteiger partial charge in [-0.05, 0) is 12.0 Å². The zero-order chi connectivity index (χ0) is 13.0. The monoisotopic (exact) mass is 240 g/mol. The van der Waals surface area contributed by atoms with E-state index in [-0.39, 0.29) is 18.2 Å². The van der Waals surface area contributed by atoms with Crippen molar-refractivity contribution in [3.8, 4) is 6.07 Å². The molecule has 0 aliphatic heterocycles. The summed E-state index contributed by atoms with van der Waals surface area (Å²) in [7, 11) is 0. The molecule has 1 heterocycles. The molecule has 2 aromatic rings. The van der Waals surface area contributed by atoms with Crippen molar-refractivity contribution in [3.05, 3.63) is 47.5 Å². The van der Waals surface area contributed by atoms with Crippen molar-refractivity contribution in [2.45, 2.75) is 19.9 Å². The molecule has 90 valence electrons. The molecule has 0 atom stereocenters. The molecule has 0 aliphatic rings. The van der Waals surface area contributed by atoms with Gasteiger partial charge in [-0.1, -0.05) is 31.2 Å². The van der Waals surface area contributed by atoms with Gasteiger partial charge < -0.3 is 0 Å². The van der Waals surface area contributed by atoms with Crippen LogP contribution in [0.25, 0.3) is 0 Å². The van der Waals surface area contributed by atoms with Crippen LogP contribution in [-0.4, -0.2) is 20.5 Å². The summed E-state index contributed by atoms with van der Waals surface area (Å²) in [4.78, 5) is 15.7. The summed E-state index contributed by atoms with van der Waals surface area (Å²) in [6.45, 7) is 2.16. The first kappa shape index (κ1) is 12.0. The van der Waals surface area contributed by atoms with Crippen LogP contribution in [-0.2, 0) is 13.0 Å². The summed E-state index contributed by atoms with van der Waals surface area (Å²) >= 11 is 0. The van der Waals surface area contributed by atoms with Crippen LogP contribution in [0.3, 0.4) is 0 Å². The number of rotatable bonds is 4. The van der Waals surface area contributed by atoms with Gasteiger partial charge in [0.25, 0.3) is 5.82 Å². The van der Waals surface area contributed by atoms with E-state index in [2.05, 4.69) is 17.0 Å². The van der Waals surface area contributed by atoms with Gasteiger partial charge in [0.2, 0.25) is 0 Å². The number of ketones is 1. The van der Waals surface area contributed by atoms with Crippen LogP contribution in [0, 0.1) is 11.3 Å². The van der Waals surface area contributed by atoms with Crippen molar-refractivity contribution in [2.24, 2.45) is 0 Å². The second-order valence-corrected chi connectivity index (χ2v) is 3.85. The first-order chi connectivity index (χ1) is 8.72. The van der Waals surface area contributed by atoms with E-state index in [1.165, 1.54) is 16.6 Å². The Hall–Kier alpha value is -2.48. The van der Waals surface area contributed by atoms with Crippen LogP contribution in [0.4, 0.5) is 0 Å². The molecule has 5 nitrogen and oxygen atoms in total. The molecule has 0 radical (unpaired) electrons. The zero-order valence-corrected chi connectivity index (χ0v) is 10.00. The summed E-state index contributed by atoms with van der Waals surface area (Å²) in [5.74, 6) is 0.0242. The third kappa shape index (κ3) is 2.61. The normalized spacial score (nSPS) is 10.0. The molecule has 18 heavy (non-hydrogen) atoms. The molecule has 0 aliphatic carbocycles. The molecule has 0 amide bonds. The van der Waals surface area contributed by atoms with Gasteiger partial charge in [0.1, 0.15) is 18.9 Å². The lowest BCUT2D eigenvalue weighted by Crippen LogP contribution is -2.11. The Morgan fingerprint density at radius 3 is 2.67 bits per heavy atom. The molecule has 1 aromatic carbocycles.